The lowest BCUT2D eigenvalue weighted by molar-refractivity contribution is -0.133. The lowest BCUT2D eigenvalue weighted by atomic mass is 10.1. The molecule has 0 radical (unpaired) electrons. The van der Waals surface area contributed by atoms with Crippen LogP contribution in [-0.4, -0.2) is 68.8 Å². The van der Waals surface area contributed by atoms with Crippen LogP contribution >= 0.6 is 0 Å². The Morgan fingerprint density at radius 2 is 1.68 bits per heavy atom. The first-order valence-electron chi connectivity index (χ1n) is 14.3. The highest BCUT2D eigenvalue weighted by Crippen LogP contribution is 2.28. The first-order valence-corrected chi connectivity index (χ1v) is 14.3. The molecule has 0 aliphatic carbocycles. The molecule has 0 bridgehead atoms. The van der Waals surface area contributed by atoms with Crippen molar-refractivity contribution in [1.29, 1.82) is 5.41 Å². The Labute approximate surface area is 254 Å². The van der Waals surface area contributed by atoms with Gasteiger partial charge >= 0.3 is 6.09 Å². The van der Waals surface area contributed by atoms with Gasteiger partial charge in [-0.2, -0.15) is 0 Å². The van der Waals surface area contributed by atoms with Gasteiger partial charge < -0.3 is 24.3 Å². The Kier molecular flexibility index (Phi) is 12.2. The van der Waals surface area contributed by atoms with E-state index in [9.17, 15) is 9.59 Å². The standard InChI is InChI=1S/C32H36F2N4O6/c1-2-42-29(28-26(33)18-25(19-27(28)34)43-17-14-38-12-15-41-16-13-38)31(39)36-20-22-8-10-24(11-9-22)30(35)37-32(40)44-21-23-6-4-3-5-7-23/h3-11,18-19,29H,2,12-17,20-21H2,1H3,(H,36,39)(H2,35,37,40). The van der Waals surface area contributed by atoms with Gasteiger partial charge in [0.05, 0.1) is 18.8 Å². The summed E-state index contributed by atoms with van der Waals surface area (Å²) in [5, 5.41) is 13.2. The number of alkyl carbamates (subject to hydrolysis) is 1. The normalized spacial score (nSPS) is 14.0. The molecule has 0 saturated carbocycles. The molecule has 1 aliphatic heterocycles. The molecule has 1 heterocycles. The van der Waals surface area contributed by atoms with E-state index in [0.29, 0.717) is 30.9 Å². The molecule has 1 aliphatic rings. The number of nitrogens with one attached hydrogen (secondary N) is 3. The topological polar surface area (TPSA) is 122 Å². The summed E-state index contributed by atoms with van der Waals surface area (Å²) >= 11 is 0. The molecule has 2 amide bonds. The number of carbonyl (C=O) groups excluding carboxylic acids is 2. The number of carbonyl (C=O) groups is 2. The summed E-state index contributed by atoms with van der Waals surface area (Å²) in [5.41, 5.74) is 1.39. The molecular weight excluding hydrogens is 574 g/mol. The number of nitrogens with zero attached hydrogens (tertiary/aromatic N) is 1. The summed E-state index contributed by atoms with van der Waals surface area (Å²) in [5.74, 6) is -2.74. The van der Waals surface area contributed by atoms with E-state index < -0.39 is 35.3 Å². The van der Waals surface area contributed by atoms with Crippen LogP contribution in [0.5, 0.6) is 5.75 Å². The van der Waals surface area contributed by atoms with Crippen LogP contribution in [0.1, 0.15) is 35.3 Å². The molecule has 44 heavy (non-hydrogen) atoms. The van der Waals surface area contributed by atoms with Crippen LogP contribution in [-0.2, 0) is 32.2 Å². The third-order valence-corrected chi connectivity index (χ3v) is 6.82. The van der Waals surface area contributed by atoms with E-state index in [1.165, 1.54) is 0 Å². The van der Waals surface area contributed by atoms with Gasteiger partial charge in [-0.15, -0.1) is 0 Å². The average molecular weight is 611 g/mol. The first kappa shape index (κ1) is 32.5. The first-order chi connectivity index (χ1) is 21.3. The molecule has 4 rings (SSSR count). The predicted octanol–water partition coefficient (Wildman–Crippen LogP) is 4.32. The van der Waals surface area contributed by atoms with E-state index in [1.807, 2.05) is 30.3 Å². The van der Waals surface area contributed by atoms with Crippen LogP contribution in [0.15, 0.2) is 66.7 Å². The van der Waals surface area contributed by atoms with Crippen LogP contribution in [0.2, 0.25) is 0 Å². The number of hydrogen-bond donors (Lipinski definition) is 3. The summed E-state index contributed by atoms with van der Waals surface area (Å²) in [6.07, 6.45) is -2.27. The number of morpholine rings is 1. The van der Waals surface area contributed by atoms with Gasteiger partial charge in [-0.05, 0) is 18.1 Å². The van der Waals surface area contributed by atoms with E-state index in [1.54, 1.807) is 31.2 Å². The second-order valence-corrected chi connectivity index (χ2v) is 9.91. The van der Waals surface area contributed by atoms with Crippen LogP contribution in [0.25, 0.3) is 0 Å². The van der Waals surface area contributed by atoms with E-state index in [0.717, 1.165) is 30.8 Å². The van der Waals surface area contributed by atoms with Crippen molar-refractivity contribution < 1.29 is 37.3 Å². The maximum absolute atomic E-state index is 15.1. The van der Waals surface area contributed by atoms with Crippen molar-refractivity contribution in [3.63, 3.8) is 0 Å². The molecular formula is C32H36F2N4O6. The van der Waals surface area contributed by atoms with Crippen molar-refractivity contribution in [1.82, 2.24) is 15.5 Å². The largest absolute Gasteiger partial charge is 0.492 e. The van der Waals surface area contributed by atoms with E-state index in [-0.39, 0.29) is 38.0 Å². The Balaban J connectivity index is 1.29. The molecule has 3 aromatic rings. The Hall–Kier alpha value is -4.39. The molecule has 0 aromatic heterocycles. The molecule has 10 nitrogen and oxygen atoms in total. The van der Waals surface area contributed by atoms with Crippen molar-refractivity contribution >= 4 is 17.8 Å². The number of amidine groups is 1. The van der Waals surface area contributed by atoms with Gasteiger partial charge in [-0.25, -0.2) is 13.6 Å². The smallest absolute Gasteiger partial charge is 0.413 e. The second kappa shape index (κ2) is 16.5. The zero-order valence-corrected chi connectivity index (χ0v) is 24.4. The third kappa shape index (κ3) is 9.56. The van der Waals surface area contributed by atoms with Crippen LogP contribution in [0, 0.1) is 17.0 Å². The van der Waals surface area contributed by atoms with Crippen LogP contribution in [0.4, 0.5) is 13.6 Å². The fourth-order valence-electron chi connectivity index (χ4n) is 4.47. The van der Waals surface area contributed by atoms with Crippen molar-refractivity contribution in [2.45, 2.75) is 26.2 Å². The van der Waals surface area contributed by atoms with Crippen molar-refractivity contribution in [3.8, 4) is 5.75 Å². The quantitative estimate of drug-likeness (QED) is 0.195. The Morgan fingerprint density at radius 1 is 1.00 bits per heavy atom. The molecule has 1 fully saturated rings. The second-order valence-electron chi connectivity index (χ2n) is 9.91. The molecule has 12 heteroatoms. The minimum Gasteiger partial charge on any atom is -0.492 e. The SMILES string of the molecule is CCOC(C(=O)NCc1ccc(C(=N)NC(=O)OCc2ccccc2)cc1)c1c(F)cc(OCCN2CCOCC2)cc1F. The van der Waals surface area contributed by atoms with Gasteiger partial charge in [0.25, 0.3) is 5.91 Å². The van der Waals surface area contributed by atoms with E-state index in [4.69, 9.17) is 24.4 Å². The van der Waals surface area contributed by atoms with Gasteiger partial charge in [0.1, 0.15) is 36.4 Å². The monoisotopic (exact) mass is 610 g/mol. The minimum absolute atomic E-state index is 0.0253. The van der Waals surface area contributed by atoms with Gasteiger partial charge in [-0.1, -0.05) is 54.6 Å². The number of rotatable bonds is 13. The minimum atomic E-state index is -1.51. The highest BCUT2D eigenvalue weighted by Gasteiger charge is 2.28. The maximum Gasteiger partial charge on any atom is 0.413 e. The van der Waals surface area contributed by atoms with Crippen molar-refractivity contribution in [2.24, 2.45) is 0 Å². The predicted molar refractivity (Wildman–Crippen MR) is 158 cm³/mol. The number of amides is 2. The van der Waals surface area contributed by atoms with Crippen LogP contribution in [0.3, 0.4) is 0 Å². The number of benzene rings is 3. The van der Waals surface area contributed by atoms with Crippen molar-refractivity contribution in [3.05, 3.63) is 101 Å². The van der Waals surface area contributed by atoms with Crippen LogP contribution < -0.4 is 15.4 Å². The molecule has 0 spiro atoms. The molecule has 1 unspecified atom stereocenters. The Morgan fingerprint density at radius 3 is 2.34 bits per heavy atom. The van der Waals surface area contributed by atoms with Gasteiger partial charge in [0, 0.05) is 50.5 Å². The van der Waals surface area contributed by atoms with E-state index >= 15 is 8.78 Å². The van der Waals surface area contributed by atoms with Crippen molar-refractivity contribution in [2.75, 3.05) is 46.1 Å². The summed E-state index contributed by atoms with van der Waals surface area (Å²) in [6, 6.07) is 17.8. The summed E-state index contributed by atoms with van der Waals surface area (Å²) < 4.78 is 51.6. The van der Waals surface area contributed by atoms with Gasteiger partial charge in [0.2, 0.25) is 0 Å². The maximum atomic E-state index is 15.1. The molecule has 3 aromatic carbocycles. The van der Waals surface area contributed by atoms with E-state index in [2.05, 4.69) is 15.5 Å². The number of halogens is 2. The molecule has 1 atom stereocenters. The number of hydrogen-bond acceptors (Lipinski definition) is 8. The summed E-state index contributed by atoms with van der Waals surface area (Å²) in [4.78, 5) is 27.2. The molecule has 3 N–H and O–H groups in total. The highest BCUT2D eigenvalue weighted by molar-refractivity contribution is 6.04. The lowest BCUT2D eigenvalue weighted by Crippen LogP contribution is -2.38. The summed E-state index contributed by atoms with van der Waals surface area (Å²) in [7, 11) is 0. The van der Waals surface area contributed by atoms with Gasteiger partial charge in [-0.3, -0.25) is 20.4 Å². The fraction of sp³-hybridized carbons (Fsp3) is 0.344. The average Bonchev–Trinajstić information content (AvgIpc) is 3.03. The molecule has 234 valence electrons. The third-order valence-electron chi connectivity index (χ3n) is 6.82. The number of ether oxygens (including phenoxy) is 4. The van der Waals surface area contributed by atoms with Gasteiger partial charge in [0.15, 0.2) is 6.10 Å². The molecule has 1 saturated heterocycles. The zero-order chi connectivity index (χ0) is 31.3. The zero-order valence-electron chi connectivity index (χ0n) is 24.4. The summed E-state index contributed by atoms with van der Waals surface area (Å²) in [6.45, 7) is 5.45. The highest BCUT2D eigenvalue weighted by atomic mass is 19.1. The lowest BCUT2D eigenvalue weighted by Gasteiger charge is -2.26. The Bertz CT molecular complexity index is 1380. The fourth-order valence-corrected chi connectivity index (χ4v) is 4.47.